The maximum absolute atomic E-state index is 13.1. The third kappa shape index (κ3) is 3.46. The van der Waals surface area contributed by atoms with Crippen molar-refractivity contribution in [3.8, 4) is 0 Å². The standard InChI is InChI=1S/C21H28N2O5S/c1-13-3-4-14(2)17(11-13)29(27,28)23-9-7-22(8-10-23)20(24)18-15-5-6-16(12-15)19(18)21(25)26/h3-4,11,15-16,18-19H,5-10,12H2,1-2H3,(H,25,26)/t15-,16-,18-,19+/m1/s1. The van der Waals surface area contributed by atoms with Crippen LogP contribution in [0.2, 0.25) is 0 Å². The number of carbonyl (C=O) groups is 2. The van der Waals surface area contributed by atoms with Crippen molar-refractivity contribution in [3.05, 3.63) is 29.3 Å². The van der Waals surface area contributed by atoms with Gasteiger partial charge in [0.1, 0.15) is 0 Å². The maximum atomic E-state index is 13.1. The first-order chi connectivity index (χ1) is 13.7. The van der Waals surface area contributed by atoms with E-state index in [4.69, 9.17) is 0 Å². The summed E-state index contributed by atoms with van der Waals surface area (Å²) < 4.78 is 27.6. The summed E-state index contributed by atoms with van der Waals surface area (Å²) in [5, 5.41) is 9.62. The van der Waals surface area contributed by atoms with Gasteiger partial charge in [0.05, 0.1) is 16.7 Å². The van der Waals surface area contributed by atoms with E-state index in [0.717, 1.165) is 24.8 Å². The summed E-state index contributed by atoms with van der Waals surface area (Å²) in [6.07, 6.45) is 2.65. The highest BCUT2D eigenvalue weighted by atomic mass is 32.2. The van der Waals surface area contributed by atoms with Crippen LogP contribution < -0.4 is 0 Å². The Balaban J connectivity index is 1.46. The van der Waals surface area contributed by atoms with Crippen LogP contribution in [0.4, 0.5) is 0 Å². The molecule has 158 valence electrons. The van der Waals surface area contributed by atoms with Crippen LogP contribution in [0.5, 0.6) is 0 Å². The number of benzene rings is 1. The lowest BCUT2D eigenvalue weighted by Crippen LogP contribution is -2.53. The number of nitrogens with zero attached hydrogens (tertiary/aromatic N) is 2. The maximum Gasteiger partial charge on any atom is 0.307 e. The summed E-state index contributed by atoms with van der Waals surface area (Å²) in [7, 11) is -3.61. The molecule has 4 rings (SSSR count). The minimum Gasteiger partial charge on any atom is -0.481 e. The smallest absolute Gasteiger partial charge is 0.307 e. The van der Waals surface area contributed by atoms with Gasteiger partial charge in [0.15, 0.2) is 0 Å². The number of rotatable bonds is 4. The van der Waals surface area contributed by atoms with Crippen LogP contribution in [0.25, 0.3) is 0 Å². The number of aliphatic carboxylic acids is 1. The molecular formula is C21H28N2O5S. The molecule has 3 fully saturated rings. The largest absolute Gasteiger partial charge is 0.481 e. The van der Waals surface area contributed by atoms with E-state index in [0.29, 0.717) is 23.5 Å². The van der Waals surface area contributed by atoms with Crippen LogP contribution >= 0.6 is 0 Å². The number of fused-ring (bicyclic) bond motifs is 2. The second-order valence-corrected chi connectivity index (χ2v) is 10.6. The quantitative estimate of drug-likeness (QED) is 0.803. The Morgan fingerprint density at radius 1 is 1.00 bits per heavy atom. The molecule has 1 aromatic carbocycles. The lowest BCUT2D eigenvalue weighted by Gasteiger charge is -2.38. The Kier molecular flexibility index (Phi) is 5.19. The first-order valence-electron chi connectivity index (χ1n) is 10.3. The summed E-state index contributed by atoms with van der Waals surface area (Å²) in [4.78, 5) is 26.8. The molecule has 1 aliphatic heterocycles. The minimum absolute atomic E-state index is 0.103. The van der Waals surface area contributed by atoms with E-state index in [-0.39, 0.29) is 30.8 Å². The summed E-state index contributed by atoms with van der Waals surface area (Å²) >= 11 is 0. The average molecular weight is 421 g/mol. The van der Waals surface area contributed by atoms with Crippen molar-refractivity contribution in [3.63, 3.8) is 0 Å². The van der Waals surface area contributed by atoms with Gasteiger partial charge in [0, 0.05) is 26.2 Å². The van der Waals surface area contributed by atoms with Gasteiger partial charge in [-0.3, -0.25) is 9.59 Å². The van der Waals surface area contributed by atoms with E-state index in [1.165, 1.54) is 4.31 Å². The summed E-state index contributed by atoms with van der Waals surface area (Å²) in [6, 6.07) is 5.39. The fourth-order valence-corrected chi connectivity index (χ4v) is 7.22. The first-order valence-corrected chi connectivity index (χ1v) is 11.7. The van der Waals surface area contributed by atoms with Gasteiger partial charge < -0.3 is 10.0 Å². The minimum atomic E-state index is -3.61. The van der Waals surface area contributed by atoms with Crippen molar-refractivity contribution < 1.29 is 23.1 Å². The number of carboxylic acid groups (broad SMARTS) is 1. The third-order valence-corrected chi connectivity index (χ3v) is 9.04. The van der Waals surface area contributed by atoms with Gasteiger partial charge in [0.25, 0.3) is 0 Å². The number of carboxylic acids is 1. The highest BCUT2D eigenvalue weighted by molar-refractivity contribution is 7.89. The van der Waals surface area contributed by atoms with E-state index in [9.17, 15) is 23.1 Å². The van der Waals surface area contributed by atoms with Crippen molar-refractivity contribution in [2.45, 2.75) is 38.0 Å². The van der Waals surface area contributed by atoms with Crippen molar-refractivity contribution >= 4 is 21.9 Å². The Labute approximate surface area is 171 Å². The zero-order valence-electron chi connectivity index (χ0n) is 16.9. The average Bonchev–Trinajstić information content (AvgIpc) is 3.31. The molecule has 2 aliphatic carbocycles. The predicted molar refractivity (Wildman–Crippen MR) is 107 cm³/mol. The fraction of sp³-hybridized carbons (Fsp3) is 0.619. The highest BCUT2D eigenvalue weighted by Crippen LogP contribution is 2.53. The number of carbonyl (C=O) groups excluding carboxylic acids is 1. The molecule has 1 N–H and O–H groups in total. The first kappa shape index (κ1) is 20.3. The lowest BCUT2D eigenvalue weighted by molar-refractivity contribution is -0.153. The number of hydrogen-bond acceptors (Lipinski definition) is 4. The van der Waals surface area contributed by atoms with Gasteiger partial charge in [-0.25, -0.2) is 8.42 Å². The van der Waals surface area contributed by atoms with Gasteiger partial charge >= 0.3 is 5.97 Å². The number of aryl methyl sites for hydroxylation is 2. The van der Waals surface area contributed by atoms with E-state index in [2.05, 4.69) is 0 Å². The SMILES string of the molecule is Cc1ccc(C)c(S(=O)(=O)N2CCN(C(=O)[C@@H]3[C@@H]4CC[C@H](C4)[C@@H]3C(=O)O)CC2)c1. The van der Waals surface area contributed by atoms with Crippen molar-refractivity contribution in [2.75, 3.05) is 26.2 Å². The molecule has 7 nitrogen and oxygen atoms in total. The molecular weight excluding hydrogens is 392 g/mol. The molecule has 0 unspecified atom stereocenters. The van der Waals surface area contributed by atoms with Gasteiger partial charge in [0.2, 0.25) is 15.9 Å². The van der Waals surface area contributed by atoms with Gasteiger partial charge in [-0.2, -0.15) is 4.31 Å². The summed E-state index contributed by atoms with van der Waals surface area (Å²) in [6.45, 7) is 4.74. The fourth-order valence-electron chi connectivity index (χ4n) is 5.49. The Morgan fingerprint density at radius 2 is 1.62 bits per heavy atom. The van der Waals surface area contributed by atoms with Crippen LogP contribution in [0.1, 0.15) is 30.4 Å². The summed E-state index contributed by atoms with van der Waals surface area (Å²) in [5.74, 6) is -1.74. The molecule has 1 amide bonds. The van der Waals surface area contributed by atoms with Gasteiger partial charge in [-0.1, -0.05) is 12.1 Å². The van der Waals surface area contributed by atoms with Crippen molar-refractivity contribution in [1.82, 2.24) is 9.21 Å². The number of amides is 1. The molecule has 2 bridgehead atoms. The molecule has 0 spiro atoms. The molecule has 4 atom stereocenters. The Morgan fingerprint density at radius 3 is 2.24 bits per heavy atom. The van der Waals surface area contributed by atoms with E-state index >= 15 is 0 Å². The van der Waals surface area contributed by atoms with Gasteiger partial charge in [-0.15, -0.1) is 0 Å². The highest BCUT2D eigenvalue weighted by Gasteiger charge is 2.55. The normalized spacial score (nSPS) is 29.9. The second-order valence-electron chi connectivity index (χ2n) is 8.72. The Hall–Kier alpha value is -1.93. The number of sulfonamides is 1. The second kappa shape index (κ2) is 7.40. The molecule has 8 heteroatoms. The molecule has 0 aromatic heterocycles. The predicted octanol–water partition coefficient (Wildman–Crippen LogP) is 1.88. The topological polar surface area (TPSA) is 95.0 Å². The Bertz CT molecular complexity index is 936. The lowest BCUT2D eigenvalue weighted by atomic mass is 9.78. The summed E-state index contributed by atoms with van der Waals surface area (Å²) in [5.41, 5.74) is 1.60. The van der Waals surface area contributed by atoms with E-state index < -0.39 is 27.8 Å². The van der Waals surface area contributed by atoms with Crippen molar-refractivity contribution in [1.29, 1.82) is 0 Å². The monoisotopic (exact) mass is 420 g/mol. The number of hydrogen-bond donors (Lipinski definition) is 1. The zero-order valence-corrected chi connectivity index (χ0v) is 17.7. The van der Waals surface area contributed by atoms with Crippen LogP contribution in [-0.2, 0) is 19.6 Å². The number of piperazine rings is 1. The molecule has 2 saturated carbocycles. The molecule has 1 aromatic rings. The van der Waals surface area contributed by atoms with Gasteiger partial charge in [-0.05, 0) is 62.1 Å². The molecule has 29 heavy (non-hydrogen) atoms. The van der Waals surface area contributed by atoms with Crippen LogP contribution in [-0.4, -0.2) is 60.8 Å². The third-order valence-electron chi connectivity index (χ3n) is 7.00. The van der Waals surface area contributed by atoms with E-state index in [1.807, 2.05) is 19.1 Å². The zero-order chi connectivity index (χ0) is 20.9. The van der Waals surface area contributed by atoms with Crippen LogP contribution in [0, 0.1) is 37.5 Å². The molecule has 0 radical (unpaired) electrons. The van der Waals surface area contributed by atoms with E-state index in [1.54, 1.807) is 17.9 Å². The molecule has 1 saturated heterocycles. The van der Waals surface area contributed by atoms with Crippen LogP contribution in [0.15, 0.2) is 23.1 Å². The molecule has 1 heterocycles. The van der Waals surface area contributed by atoms with Crippen molar-refractivity contribution in [2.24, 2.45) is 23.7 Å². The van der Waals surface area contributed by atoms with Crippen LogP contribution in [0.3, 0.4) is 0 Å². The molecule has 3 aliphatic rings.